The lowest BCUT2D eigenvalue weighted by Gasteiger charge is -2.25. The number of carbonyl (C=O) groups excluding carboxylic acids is 2. The van der Waals surface area contributed by atoms with Gasteiger partial charge >= 0.3 is 0 Å². The molecule has 1 aliphatic heterocycles. The van der Waals surface area contributed by atoms with Crippen molar-refractivity contribution < 1.29 is 23.5 Å². The van der Waals surface area contributed by atoms with Gasteiger partial charge in [-0.2, -0.15) is 0 Å². The molecule has 2 N–H and O–H groups in total. The van der Waals surface area contributed by atoms with Crippen LogP contribution >= 0.6 is 11.6 Å². The first-order chi connectivity index (χ1) is 14.6. The van der Waals surface area contributed by atoms with Crippen molar-refractivity contribution in [3.63, 3.8) is 0 Å². The van der Waals surface area contributed by atoms with Crippen LogP contribution < -0.4 is 20.3 Å². The van der Waals surface area contributed by atoms with Crippen LogP contribution in [0, 0.1) is 0 Å². The molecule has 0 saturated heterocycles. The SMILES string of the molecule is O=C(CCc1ncc(-c2ccccc2Cl)o1)NNC(=O)C1COc2ccccc2O1. The Labute approximate surface area is 177 Å². The summed E-state index contributed by atoms with van der Waals surface area (Å²) in [6.07, 6.45) is 1.05. The fraction of sp³-hybridized carbons (Fsp3) is 0.190. The molecule has 3 aromatic rings. The summed E-state index contributed by atoms with van der Waals surface area (Å²) < 4.78 is 16.7. The molecule has 1 unspecified atom stereocenters. The monoisotopic (exact) mass is 427 g/mol. The summed E-state index contributed by atoms with van der Waals surface area (Å²) >= 11 is 6.15. The van der Waals surface area contributed by atoms with E-state index in [9.17, 15) is 9.59 Å². The van der Waals surface area contributed by atoms with Crippen molar-refractivity contribution in [2.24, 2.45) is 0 Å². The molecule has 0 aliphatic carbocycles. The average Bonchev–Trinajstić information content (AvgIpc) is 3.25. The number of ether oxygens (including phenoxy) is 2. The lowest BCUT2D eigenvalue weighted by molar-refractivity contribution is -0.135. The maximum absolute atomic E-state index is 12.2. The number of halogens is 1. The Hall–Kier alpha value is -3.52. The molecule has 154 valence electrons. The summed E-state index contributed by atoms with van der Waals surface area (Å²) in [5, 5.41) is 0.553. The number of nitrogens with one attached hydrogen (secondary N) is 2. The van der Waals surface area contributed by atoms with Crippen molar-refractivity contribution in [2.75, 3.05) is 6.61 Å². The van der Waals surface area contributed by atoms with Gasteiger partial charge < -0.3 is 13.9 Å². The third kappa shape index (κ3) is 4.55. The third-order valence-electron chi connectivity index (χ3n) is 4.38. The minimum Gasteiger partial charge on any atom is -0.485 e. The number of aromatic nitrogens is 1. The molecular weight excluding hydrogens is 410 g/mol. The molecule has 30 heavy (non-hydrogen) atoms. The third-order valence-corrected chi connectivity index (χ3v) is 4.71. The molecule has 9 heteroatoms. The van der Waals surface area contributed by atoms with E-state index in [4.69, 9.17) is 25.5 Å². The van der Waals surface area contributed by atoms with Gasteiger partial charge in [-0.25, -0.2) is 4.98 Å². The van der Waals surface area contributed by atoms with E-state index in [1.165, 1.54) is 0 Å². The molecule has 2 amide bonds. The van der Waals surface area contributed by atoms with Gasteiger partial charge in [-0.15, -0.1) is 0 Å². The minimum atomic E-state index is -0.856. The van der Waals surface area contributed by atoms with E-state index < -0.39 is 17.9 Å². The van der Waals surface area contributed by atoms with Gasteiger partial charge in [0.1, 0.15) is 6.61 Å². The molecule has 1 aliphatic rings. The van der Waals surface area contributed by atoms with Crippen LogP contribution in [0.15, 0.2) is 59.1 Å². The van der Waals surface area contributed by atoms with E-state index in [-0.39, 0.29) is 19.4 Å². The number of hydrazine groups is 1. The van der Waals surface area contributed by atoms with Gasteiger partial charge in [0.15, 0.2) is 23.1 Å². The number of nitrogens with zero attached hydrogens (tertiary/aromatic N) is 1. The second-order valence-electron chi connectivity index (χ2n) is 6.50. The van der Waals surface area contributed by atoms with Gasteiger partial charge in [0.25, 0.3) is 5.91 Å². The smallest absolute Gasteiger partial charge is 0.283 e. The highest BCUT2D eigenvalue weighted by molar-refractivity contribution is 6.33. The molecule has 8 nitrogen and oxygen atoms in total. The maximum Gasteiger partial charge on any atom is 0.283 e. The standard InChI is InChI=1S/C21H18ClN3O5/c22-14-6-2-1-5-13(14)17-11-23-20(30-17)10-9-19(26)24-25-21(27)18-12-28-15-7-3-4-8-16(15)29-18/h1-8,11,18H,9-10,12H2,(H,24,26)(H,25,27). The number of oxazole rings is 1. The fourth-order valence-corrected chi connectivity index (χ4v) is 3.08. The Morgan fingerprint density at radius 3 is 2.67 bits per heavy atom. The molecule has 0 fully saturated rings. The van der Waals surface area contributed by atoms with E-state index in [0.717, 1.165) is 5.56 Å². The van der Waals surface area contributed by atoms with Crippen molar-refractivity contribution in [2.45, 2.75) is 18.9 Å². The van der Waals surface area contributed by atoms with Gasteiger partial charge in [0.05, 0.1) is 11.2 Å². The van der Waals surface area contributed by atoms with E-state index in [2.05, 4.69) is 15.8 Å². The molecule has 0 bridgehead atoms. The number of rotatable bonds is 5. The maximum atomic E-state index is 12.2. The summed E-state index contributed by atoms with van der Waals surface area (Å²) in [6, 6.07) is 14.3. The lowest BCUT2D eigenvalue weighted by Crippen LogP contribution is -2.50. The van der Waals surface area contributed by atoms with Crippen molar-refractivity contribution in [3.8, 4) is 22.8 Å². The molecule has 0 saturated carbocycles. The largest absolute Gasteiger partial charge is 0.485 e. The number of fused-ring (bicyclic) bond motifs is 1. The van der Waals surface area contributed by atoms with E-state index in [1.54, 1.807) is 30.5 Å². The Morgan fingerprint density at radius 2 is 1.83 bits per heavy atom. The predicted octanol–water partition coefficient (Wildman–Crippen LogP) is 2.92. The number of amides is 2. The number of aryl methyl sites for hydroxylation is 1. The number of hydrogen-bond donors (Lipinski definition) is 2. The molecule has 0 radical (unpaired) electrons. The Balaban J connectivity index is 1.24. The normalized spacial score (nSPS) is 14.8. The van der Waals surface area contributed by atoms with Crippen molar-refractivity contribution in [1.82, 2.24) is 15.8 Å². The van der Waals surface area contributed by atoms with Crippen LogP contribution in [0.4, 0.5) is 0 Å². The second-order valence-corrected chi connectivity index (χ2v) is 6.91. The van der Waals surface area contributed by atoms with Crippen LogP contribution in [0.3, 0.4) is 0 Å². The van der Waals surface area contributed by atoms with Gasteiger partial charge in [0, 0.05) is 18.4 Å². The number of benzene rings is 2. The van der Waals surface area contributed by atoms with Crippen molar-refractivity contribution >= 4 is 23.4 Å². The van der Waals surface area contributed by atoms with Gasteiger partial charge in [-0.05, 0) is 24.3 Å². The number of carbonyl (C=O) groups is 2. The Bertz CT molecular complexity index is 1070. The zero-order chi connectivity index (χ0) is 20.9. The molecule has 1 aromatic heterocycles. The van der Waals surface area contributed by atoms with Crippen LogP contribution in [0.25, 0.3) is 11.3 Å². The number of hydrogen-bond acceptors (Lipinski definition) is 6. The topological polar surface area (TPSA) is 103 Å². The zero-order valence-electron chi connectivity index (χ0n) is 15.8. The van der Waals surface area contributed by atoms with E-state index >= 15 is 0 Å². The zero-order valence-corrected chi connectivity index (χ0v) is 16.5. The molecular formula is C21H18ClN3O5. The Kier molecular flexibility index (Phi) is 5.85. The Morgan fingerprint density at radius 1 is 1.07 bits per heavy atom. The molecule has 2 aromatic carbocycles. The van der Waals surface area contributed by atoms with Gasteiger partial charge in [0.2, 0.25) is 12.0 Å². The average molecular weight is 428 g/mol. The van der Waals surface area contributed by atoms with E-state index in [1.807, 2.05) is 24.3 Å². The predicted molar refractivity (Wildman–Crippen MR) is 108 cm³/mol. The van der Waals surface area contributed by atoms with Crippen LogP contribution in [-0.4, -0.2) is 29.5 Å². The van der Waals surface area contributed by atoms with Crippen LogP contribution in [0.2, 0.25) is 5.02 Å². The van der Waals surface area contributed by atoms with Gasteiger partial charge in [-0.3, -0.25) is 20.4 Å². The summed E-state index contributed by atoms with van der Waals surface area (Å²) in [6.45, 7) is 0.0554. The lowest BCUT2D eigenvalue weighted by atomic mass is 10.2. The first kappa shape index (κ1) is 19.8. The highest BCUT2D eigenvalue weighted by atomic mass is 35.5. The molecule has 0 spiro atoms. The first-order valence-electron chi connectivity index (χ1n) is 9.27. The van der Waals surface area contributed by atoms with Crippen molar-refractivity contribution in [3.05, 3.63) is 65.6 Å². The summed E-state index contributed by atoms with van der Waals surface area (Å²) in [5.74, 6) is 1.08. The quantitative estimate of drug-likeness (QED) is 0.607. The van der Waals surface area contributed by atoms with Gasteiger partial charge in [-0.1, -0.05) is 35.9 Å². The molecule has 2 heterocycles. The molecule has 1 atom stereocenters. The highest BCUT2D eigenvalue weighted by Gasteiger charge is 2.27. The number of para-hydroxylation sites is 2. The highest BCUT2D eigenvalue weighted by Crippen LogP contribution is 2.31. The fourth-order valence-electron chi connectivity index (χ4n) is 2.85. The second kappa shape index (κ2) is 8.87. The molecule has 4 rings (SSSR count). The minimum absolute atomic E-state index is 0.0554. The first-order valence-corrected chi connectivity index (χ1v) is 9.65. The van der Waals surface area contributed by atoms with Crippen molar-refractivity contribution in [1.29, 1.82) is 0 Å². The van der Waals surface area contributed by atoms with Crippen LogP contribution in [0.5, 0.6) is 11.5 Å². The summed E-state index contributed by atoms with van der Waals surface area (Å²) in [4.78, 5) is 28.4. The summed E-state index contributed by atoms with van der Waals surface area (Å²) in [7, 11) is 0. The summed E-state index contributed by atoms with van der Waals surface area (Å²) in [5.41, 5.74) is 5.43. The van der Waals surface area contributed by atoms with Crippen LogP contribution in [0.1, 0.15) is 12.3 Å². The van der Waals surface area contributed by atoms with Crippen LogP contribution in [-0.2, 0) is 16.0 Å². The van der Waals surface area contributed by atoms with E-state index in [0.29, 0.717) is 28.2 Å².